The fraction of sp³-hybridized carbons (Fsp3) is 0.154. The van der Waals surface area contributed by atoms with Crippen molar-refractivity contribution >= 4 is 27.5 Å². The van der Waals surface area contributed by atoms with E-state index in [9.17, 15) is 0 Å². The smallest absolute Gasteiger partial charge is 0.137 e. The lowest BCUT2D eigenvalue weighted by Gasteiger charge is -2.14. The third-order valence-corrected chi connectivity index (χ3v) is 3.60. The van der Waals surface area contributed by atoms with Gasteiger partial charge in [-0.05, 0) is 45.8 Å². The van der Waals surface area contributed by atoms with Crippen LogP contribution in [0.4, 0.5) is 0 Å². The number of hydrogen-bond acceptors (Lipinski definition) is 3. The molecule has 94 valence electrons. The minimum atomic E-state index is -0.327. The van der Waals surface area contributed by atoms with E-state index in [4.69, 9.17) is 22.1 Å². The van der Waals surface area contributed by atoms with Gasteiger partial charge in [0.25, 0.3) is 0 Å². The summed E-state index contributed by atoms with van der Waals surface area (Å²) in [5.74, 6) is 0.608. The highest BCUT2D eigenvalue weighted by Gasteiger charge is 2.15. The molecule has 0 spiro atoms. The van der Waals surface area contributed by atoms with Crippen LogP contribution < -0.4 is 10.5 Å². The van der Waals surface area contributed by atoms with Crippen molar-refractivity contribution in [1.82, 2.24) is 4.98 Å². The summed E-state index contributed by atoms with van der Waals surface area (Å²) in [6.07, 6.45) is 1.72. The Kier molecular flexibility index (Phi) is 4.22. The van der Waals surface area contributed by atoms with Gasteiger partial charge in [0.2, 0.25) is 0 Å². The second-order valence-electron chi connectivity index (χ2n) is 3.74. The van der Waals surface area contributed by atoms with E-state index in [0.717, 1.165) is 15.7 Å². The Bertz CT molecular complexity index is 562. The summed E-state index contributed by atoms with van der Waals surface area (Å²) in [6, 6.07) is 8.90. The first-order chi connectivity index (χ1) is 8.63. The Labute approximate surface area is 119 Å². The third-order valence-electron chi connectivity index (χ3n) is 2.62. The van der Waals surface area contributed by atoms with Gasteiger partial charge in [-0.25, -0.2) is 0 Å². The van der Waals surface area contributed by atoms with Crippen LogP contribution in [0.3, 0.4) is 0 Å². The molecule has 0 aliphatic heterocycles. The standard InChI is InChI=1S/C13H12BrClN2O/c1-18-11-7-8(4-5-10(11)15)12(16)13-9(14)3-2-6-17-13/h2-7,12H,16H2,1H3. The molecule has 0 bridgehead atoms. The van der Waals surface area contributed by atoms with Crippen molar-refractivity contribution in [2.24, 2.45) is 5.73 Å². The van der Waals surface area contributed by atoms with Gasteiger partial charge < -0.3 is 10.5 Å². The predicted molar refractivity (Wildman–Crippen MR) is 76.0 cm³/mol. The molecule has 1 aromatic carbocycles. The second-order valence-corrected chi connectivity index (χ2v) is 5.00. The van der Waals surface area contributed by atoms with Crippen LogP contribution in [0.2, 0.25) is 5.02 Å². The summed E-state index contributed by atoms with van der Waals surface area (Å²) >= 11 is 9.43. The fourth-order valence-electron chi connectivity index (χ4n) is 1.65. The molecule has 2 N–H and O–H groups in total. The van der Waals surface area contributed by atoms with Crippen LogP contribution >= 0.6 is 27.5 Å². The SMILES string of the molecule is COc1cc(C(N)c2ncccc2Br)ccc1Cl. The molecule has 3 nitrogen and oxygen atoms in total. The Morgan fingerprint density at radius 3 is 2.83 bits per heavy atom. The molecule has 5 heteroatoms. The van der Waals surface area contributed by atoms with Gasteiger partial charge in [-0.1, -0.05) is 17.7 Å². The van der Waals surface area contributed by atoms with Crippen molar-refractivity contribution < 1.29 is 4.74 Å². The monoisotopic (exact) mass is 326 g/mol. The van der Waals surface area contributed by atoms with Crippen LogP contribution in [0, 0.1) is 0 Å². The molecule has 0 amide bonds. The number of nitrogens with zero attached hydrogens (tertiary/aromatic N) is 1. The number of methoxy groups -OCH3 is 1. The summed E-state index contributed by atoms with van der Waals surface area (Å²) in [7, 11) is 1.58. The molecule has 1 atom stereocenters. The van der Waals surface area contributed by atoms with E-state index in [2.05, 4.69) is 20.9 Å². The molecule has 1 heterocycles. The van der Waals surface area contributed by atoms with E-state index in [1.165, 1.54) is 0 Å². The number of hydrogen-bond donors (Lipinski definition) is 1. The lowest BCUT2D eigenvalue weighted by molar-refractivity contribution is 0.414. The Morgan fingerprint density at radius 1 is 1.39 bits per heavy atom. The van der Waals surface area contributed by atoms with Gasteiger partial charge in [0, 0.05) is 10.7 Å². The third kappa shape index (κ3) is 2.66. The van der Waals surface area contributed by atoms with E-state index >= 15 is 0 Å². The maximum Gasteiger partial charge on any atom is 0.137 e. The molecule has 0 aliphatic carbocycles. The Morgan fingerprint density at radius 2 is 2.17 bits per heavy atom. The summed E-state index contributed by atoms with van der Waals surface area (Å²) in [4.78, 5) is 4.29. The number of rotatable bonds is 3. The molecule has 2 rings (SSSR count). The van der Waals surface area contributed by atoms with Crippen molar-refractivity contribution in [1.29, 1.82) is 0 Å². The number of pyridine rings is 1. The minimum Gasteiger partial charge on any atom is -0.495 e. The molecule has 0 aliphatic rings. The lowest BCUT2D eigenvalue weighted by atomic mass is 10.0. The molecule has 0 saturated carbocycles. The van der Waals surface area contributed by atoms with Crippen LogP contribution in [0.25, 0.3) is 0 Å². The van der Waals surface area contributed by atoms with Gasteiger partial charge in [0.1, 0.15) is 5.75 Å². The Balaban J connectivity index is 2.40. The quantitative estimate of drug-likeness (QED) is 0.938. The van der Waals surface area contributed by atoms with Gasteiger partial charge in [-0.3, -0.25) is 4.98 Å². The first-order valence-corrected chi connectivity index (χ1v) is 6.50. The van der Waals surface area contributed by atoms with Gasteiger partial charge in [-0.2, -0.15) is 0 Å². The molecule has 1 aromatic heterocycles. The maximum atomic E-state index is 6.20. The average molecular weight is 328 g/mol. The average Bonchev–Trinajstić information content (AvgIpc) is 2.39. The van der Waals surface area contributed by atoms with Gasteiger partial charge >= 0.3 is 0 Å². The normalized spacial score (nSPS) is 12.2. The number of benzene rings is 1. The summed E-state index contributed by atoms with van der Waals surface area (Å²) in [5.41, 5.74) is 7.88. The number of aromatic nitrogens is 1. The highest BCUT2D eigenvalue weighted by molar-refractivity contribution is 9.10. The number of ether oxygens (including phenoxy) is 1. The zero-order chi connectivity index (χ0) is 13.1. The molecule has 0 fully saturated rings. The highest BCUT2D eigenvalue weighted by atomic mass is 79.9. The predicted octanol–water partition coefficient (Wildman–Crippen LogP) is 3.55. The van der Waals surface area contributed by atoms with Gasteiger partial charge in [0.15, 0.2) is 0 Å². The van der Waals surface area contributed by atoms with Crippen molar-refractivity contribution in [2.75, 3.05) is 7.11 Å². The van der Waals surface area contributed by atoms with Crippen LogP contribution in [0.5, 0.6) is 5.75 Å². The zero-order valence-corrected chi connectivity index (χ0v) is 12.1. The summed E-state index contributed by atoms with van der Waals surface area (Å²) < 4.78 is 6.06. The topological polar surface area (TPSA) is 48.1 Å². The van der Waals surface area contributed by atoms with Crippen LogP contribution in [0.1, 0.15) is 17.3 Å². The zero-order valence-electron chi connectivity index (χ0n) is 9.73. The van der Waals surface area contributed by atoms with Crippen molar-refractivity contribution in [2.45, 2.75) is 6.04 Å². The van der Waals surface area contributed by atoms with Gasteiger partial charge in [-0.15, -0.1) is 0 Å². The molecule has 2 aromatic rings. The largest absolute Gasteiger partial charge is 0.495 e. The number of halogens is 2. The number of nitrogens with two attached hydrogens (primary N) is 1. The Hall–Kier alpha value is -1.10. The lowest BCUT2D eigenvalue weighted by Crippen LogP contribution is -2.14. The van der Waals surface area contributed by atoms with E-state index < -0.39 is 0 Å². The van der Waals surface area contributed by atoms with Crippen LogP contribution in [-0.2, 0) is 0 Å². The van der Waals surface area contributed by atoms with Crippen molar-refractivity contribution in [3.05, 3.63) is 57.3 Å². The first-order valence-electron chi connectivity index (χ1n) is 5.33. The van der Waals surface area contributed by atoms with Crippen molar-refractivity contribution in [3.8, 4) is 5.75 Å². The van der Waals surface area contributed by atoms with E-state index in [-0.39, 0.29) is 6.04 Å². The molecule has 1 unspecified atom stereocenters. The van der Waals surface area contributed by atoms with Crippen LogP contribution in [-0.4, -0.2) is 12.1 Å². The molecular weight excluding hydrogens is 316 g/mol. The van der Waals surface area contributed by atoms with Gasteiger partial charge in [0.05, 0.1) is 23.9 Å². The molecule has 18 heavy (non-hydrogen) atoms. The van der Waals surface area contributed by atoms with E-state index in [1.807, 2.05) is 24.3 Å². The maximum absolute atomic E-state index is 6.20. The molecule has 0 radical (unpaired) electrons. The highest BCUT2D eigenvalue weighted by Crippen LogP contribution is 2.30. The van der Waals surface area contributed by atoms with Crippen molar-refractivity contribution in [3.63, 3.8) is 0 Å². The minimum absolute atomic E-state index is 0.327. The van der Waals surface area contributed by atoms with E-state index in [1.54, 1.807) is 19.4 Å². The first kappa shape index (κ1) is 13.3. The molecule has 0 saturated heterocycles. The molecular formula is C13H12BrClN2O. The van der Waals surface area contributed by atoms with Crippen LogP contribution in [0.15, 0.2) is 41.0 Å². The van der Waals surface area contributed by atoms with E-state index in [0.29, 0.717) is 10.8 Å². The second kappa shape index (κ2) is 5.69. The fourth-order valence-corrected chi connectivity index (χ4v) is 2.35. The summed E-state index contributed by atoms with van der Waals surface area (Å²) in [6.45, 7) is 0. The summed E-state index contributed by atoms with van der Waals surface area (Å²) in [5, 5.41) is 0.563.